The first-order chi connectivity index (χ1) is 12.1. The van der Waals surface area contributed by atoms with Gasteiger partial charge in [-0.3, -0.25) is 4.79 Å². The van der Waals surface area contributed by atoms with Gasteiger partial charge in [0.25, 0.3) is 0 Å². The number of hydrogen-bond donors (Lipinski definition) is 0. The number of ether oxygens (including phenoxy) is 4. The number of rotatable bonds is 18. The summed E-state index contributed by atoms with van der Waals surface area (Å²) >= 11 is 0. The minimum absolute atomic E-state index is 0.0242. The summed E-state index contributed by atoms with van der Waals surface area (Å²) < 4.78 is 21.7. The summed E-state index contributed by atoms with van der Waals surface area (Å²) in [5.74, 6) is 0.554. The van der Waals surface area contributed by atoms with Gasteiger partial charge >= 0.3 is 5.97 Å². The van der Waals surface area contributed by atoms with Crippen molar-refractivity contribution < 1.29 is 23.7 Å². The van der Waals surface area contributed by atoms with Gasteiger partial charge in [0.05, 0.1) is 32.5 Å². The van der Waals surface area contributed by atoms with E-state index < -0.39 is 0 Å². The molecular weight excluding hydrogens is 320 g/mol. The number of esters is 1. The van der Waals surface area contributed by atoms with Gasteiger partial charge in [-0.1, -0.05) is 33.6 Å². The molecule has 5 nitrogen and oxygen atoms in total. The Morgan fingerprint density at radius 3 is 1.96 bits per heavy atom. The van der Waals surface area contributed by atoms with E-state index in [1.54, 1.807) is 0 Å². The Morgan fingerprint density at radius 1 is 0.760 bits per heavy atom. The van der Waals surface area contributed by atoms with Crippen molar-refractivity contribution in [3.8, 4) is 0 Å². The van der Waals surface area contributed by atoms with E-state index >= 15 is 0 Å². The van der Waals surface area contributed by atoms with E-state index in [1.165, 1.54) is 12.8 Å². The molecule has 0 saturated carbocycles. The van der Waals surface area contributed by atoms with E-state index in [9.17, 15) is 4.79 Å². The fourth-order valence-corrected chi connectivity index (χ4v) is 2.20. The van der Waals surface area contributed by atoms with Crippen molar-refractivity contribution in [2.24, 2.45) is 5.92 Å². The van der Waals surface area contributed by atoms with Crippen LogP contribution in [0.2, 0.25) is 0 Å². The highest BCUT2D eigenvalue weighted by Crippen LogP contribution is 2.07. The molecular formula is C20H40O5. The first-order valence-electron chi connectivity index (χ1n) is 9.99. The molecule has 0 aliphatic heterocycles. The van der Waals surface area contributed by atoms with Crippen molar-refractivity contribution in [2.75, 3.05) is 39.6 Å². The largest absolute Gasteiger partial charge is 0.463 e. The average molecular weight is 361 g/mol. The molecule has 0 N–H and O–H groups in total. The van der Waals surface area contributed by atoms with Crippen molar-refractivity contribution in [3.05, 3.63) is 0 Å². The molecule has 1 atom stereocenters. The fourth-order valence-electron chi connectivity index (χ4n) is 2.20. The molecule has 0 rings (SSSR count). The second kappa shape index (κ2) is 18.2. The van der Waals surface area contributed by atoms with Gasteiger partial charge in [0.15, 0.2) is 0 Å². The van der Waals surface area contributed by atoms with Crippen LogP contribution in [0, 0.1) is 5.92 Å². The van der Waals surface area contributed by atoms with Crippen LogP contribution in [0.1, 0.15) is 72.6 Å². The average Bonchev–Trinajstić information content (AvgIpc) is 2.55. The third-order valence-electron chi connectivity index (χ3n) is 3.80. The van der Waals surface area contributed by atoms with Crippen molar-refractivity contribution >= 4 is 5.97 Å². The van der Waals surface area contributed by atoms with Crippen molar-refractivity contribution in [3.63, 3.8) is 0 Å². The normalized spacial score (nSPS) is 12.5. The standard InChI is InChI=1S/C20H40O5/c1-5-6-7-9-19(4)25-20(21)10-8-12-22-14-16-24-17-15-23-13-11-18(2)3/h18-19H,5-17H2,1-4H3. The van der Waals surface area contributed by atoms with E-state index in [4.69, 9.17) is 18.9 Å². The molecule has 0 saturated heterocycles. The van der Waals surface area contributed by atoms with Crippen molar-refractivity contribution in [1.29, 1.82) is 0 Å². The third kappa shape index (κ3) is 19.5. The number of carbonyl (C=O) groups is 1. The molecule has 0 spiro atoms. The Hall–Kier alpha value is -0.650. The predicted molar refractivity (Wildman–Crippen MR) is 101 cm³/mol. The van der Waals surface area contributed by atoms with Crippen LogP contribution < -0.4 is 0 Å². The molecule has 0 aromatic heterocycles. The van der Waals surface area contributed by atoms with Crippen LogP contribution >= 0.6 is 0 Å². The Balaban J connectivity index is 3.25. The van der Waals surface area contributed by atoms with Gasteiger partial charge in [-0.25, -0.2) is 0 Å². The molecule has 150 valence electrons. The van der Waals surface area contributed by atoms with Gasteiger partial charge in [-0.15, -0.1) is 0 Å². The molecule has 0 aromatic rings. The van der Waals surface area contributed by atoms with E-state index in [0.717, 1.165) is 25.9 Å². The van der Waals surface area contributed by atoms with Gasteiger partial charge in [0.1, 0.15) is 0 Å². The second-order valence-electron chi connectivity index (χ2n) is 6.92. The first kappa shape index (κ1) is 24.4. The zero-order chi connectivity index (χ0) is 18.8. The summed E-state index contributed by atoms with van der Waals surface area (Å²) in [6.07, 6.45) is 6.68. The van der Waals surface area contributed by atoms with Crippen LogP contribution in [0.3, 0.4) is 0 Å². The maximum Gasteiger partial charge on any atom is 0.306 e. The van der Waals surface area contributed by atoms with E-state index in [2.05, 4.69) is 20.8 Å². The quantitative estimate of drug-likeness (QED) is 0.268. The highest BCUT2D eigenvalue weighted by molar-refractivity contribution is 5.69. The molecule has 0 amide bonds. The van der Waals surface area contributed by atoms with Crippen LogP contribution in [-0.2, 0) is 23.7 Å². The Kier molecular flexibility index (Phi) is 17.7. The van der Waals surface area contributed by atoms with Gasteiger partial charge in [-0.05, 0) is 38.5 Å². The monoisotopic (exact) mass is 360 g/mol. The molecule has 0 radical (unpaired) electrons. The summed E-state index contributed by atoms with van der Waals surface area (Å²) in [6, 6.07) is 0. The third-order valence-corrected chi connectivity index (χ3v) is 3.80. The van der Waals surface area contributed by atoms with Crippen LogP contribution in [-0.4, -0.2) is 51.7 Å². The summed E-state index contributed by atoms with van der Waals surface area (Å²) in [6.45, 7) is 12.2. The topological polar surface area (TPSA) is 54.0 Å². The molecule has 5 heteroatoms. The highest BCUT2D eigenvalue weighted by Gasteiger charge is 2.08. The van der Waals surface area contributed by atoms with Gasteiger partial charge < -0.3 is 18.9 Å². The minimum Gasteiger partial charge on any atom is -0.463 e. The number of carbonyl (C=O) groups excluding carboxylic acids is 1. The molecule has 1 unspecified atom stereocenters. The fraction of sp³-hybridized carbons (Fsp3) is 0.950. The van der Waals surface area contributed by atoms with E-state index in [-0.39, 0.29) is 12.1 Å². The maximum absolute atomic E-state index is 11.7. The Morgan fingerprint density at radius 2 is 1.36 bits per heavy atom. The smallest absolute Gasteiger partial charge is 0.306 e. The Labute approximate surface area is 154 Å². The van der Waals surface area contributed by atoms with Gasteiger partial charge in [0.2, 0.25) is 0 Å². The molecule has 0 aromatic carbocycles. The number of hydrogen-bond acceptors (Lipinski definition) is 5. The van der Waals surface area contributed by atoms with Crippen LogP contribution in [0.15, 0.2) is 0 Å². The molecule has 25 heavy (non-hydrogen) atoms. The second-order valence-corrected chi connectivity index (χ2v) is 6.92. The highest BCUT2D eigenvalue weighted by atomic mass is 16.5. The lowest BCUT2D eigenvalue weighted by Crippen LogP contribution is -2.15. The molecule has 0 heterocycles. The summed E-state index contributed by atoms with van der Waals surface area (Å²) in [7, 11) is 0. The zero-order valence-electron chi connectivity index (χ0n) is 16.9. The van der Waals surface area contributed by atoms with Crippen LogP contribution in [0.5, 0.6) is 0 Å². The summed E-state index contributed by atoms with van der Waals surface area (Å²) in [4.78, 5) is 11.7. The molecule has 0 bridgehead atoms. The van der Waals surface area contributed by atoms with Gasteiger partial charge in [-0.2, -0.15) is 0 Å². The molecule has 0 fully saturated rings. The van der Waals surface area contributed by atoms with Gasteiger partial charge in [0, 0.05) is 19.6 Å². The Bertz CT molecular complexity index is 294. The molecule has 0 aliphatic rings. The maximum atomic E-state index is 11.7. The van der Waals surface area contributed by atoms with Crippen LogP contribution in [0.25, 0.3) is 0 Å². The van der Waals surface area contributed by atoms with Crippen LogP contribution in [0.4, 0.5) is 0 Å². The van der Waals surface area contributed by atoms with E-state index in [1.807, 2.05) is 6.92 Å². The first-order valence-corrected chi connectivity index (χ1v) is 9.99. The van der Waals surface area contributed by atoms with Crippen molar-refractivity contribution in [1.82, 2.24) is 0 Å². The van der Waals surface area contributed by atoms with Crippen molar-refractivity contribution in [2.45, 2.75) is 78.7 Å². The molecule has 0 aliphatic carbocycles. The number of unbranched alkanes of at least 4 members (excludes halogenated alkanes) is 2. The lowest BCUT2D eigenvalue weighted by atomic mass is 10.1. The lowest BCUT2D eigenvalue weighted by Gasteiger charge is -2.13. The predicted octanol–water partition coefficient (Wildman–Crippen LogP) is 4.37. The lowest BCUT2D eigenvalue weighted by molar-refractivity contribution is -0.149. The summed E-state index contributed by atoms with van der Waals surface area (Å²) in [5, 5.41) is 0. The SMILES string of the molecule is CCCCCC(C)OC(=O)CCCOCCOCCOCCC(C)C. The zero-order valence-corrected chi connectivity index (χ0v) is 16.9. The summed E-state index contributed by atoms with van der Waals surface area (Å²) in [5.41, 5.74) is 0. The van der Waals surface area contributed by atoms with E-state index in [0.29, 0.717) is 51.8 Å². The minimum atomic E-state index is -0.123.